The molecule has 5 rings (SSSR count). The summed E-state index contributed by atoms with van der Waals surface area (Å²) in [4.78, 5) is 27.9. The van der Waals surface area contributed by atoms with Crippen LogP contribution in [0, 0.1) is 17.8 Å². The molecule has 46 heavy (non-hydrogen) atoms. The highest BCUT2D eigenvalue weighted by Crippen LogP contribution is 2.52. The number of benzene rings is 2. The number of carbonyl (C=O) groups excluding carboxylic acids is 2. The average Bonchev–Trinajstić information content (AvgIpc) is 3.21. The molecule has 2 N–H and O–H groups in total. The average molecular weight is 716 g/mol. The molecule has 3 aliphatic rings. The van der Waals surface area contributed by atoms with Crippen molar-refractivity contribution in [3.63, 3.8) is 0 Å². The standard InChI is InChI=1S/C31H29BBrF6NO6/c1-15(7-16-8-20(33)4-5-24(16)41)3-6-25-26-17(14-45-2)9-22-27(23(26)13-32(44)46-25)29(43)40(28(22)42)21-11-18(30(34,35)36)10-19(12-21)31(37,38)39/h4-5,7-8,10-12,22-23,25,27,41,44H,3,6,9,13-14H2,1-2H3/b15-7+/t22-,23+,25-,27-/m1/s1. The molecule has 2 aliphatic heterocycles. The summed E-state index contributed by atoms with van der Waals surface area (Å²) in [6.07, 6.45) is -8.63. The Morgan fingerprint density at radius 3 is 2.33 bits per heavy atom. The lowest BCUT2D eigenvalue weighted by atomic mass is 9.58. The SMILES string of the molecule is COCC1=C2[C@@H](CC/C(C)=C/c3cc(Br)ccc3O)OB(O)C[C@@H]2[C@@H]2C(=O)N(c3cc(C(F)(F)F)cc(C(F)(F)F)c3)C(=O)[C@@H]2C1. The van der Waals surface area contributed by atoms with Crippen molar-refractivity contribution in [2.45, 2.75) is 51.0 Å². The Morgan fingerprint density at radius 1 is 1.07 bits per heavy atom. The van der Waals surface area contributed by atoms with Crippen LogP contribution in [0.2, 0.25) is 6.32 Å². The number of ether oxygens (including phenoxy) is 1. The summed E-state index contributed by atoms with van der Waals surface area (Å²) < 4.78 is 93.7. The fourth-order valence-electron chi connectivity index (χ4n) is 6.73. The van der Waals surface area contributed by atoms with Crippen molar-refractivity contribution in [1.82, 2.24) is 0 Å². The fraction of sp³-hybridized carbons (Fsp3) is 0.419. The molecule has 1 aliphatic carbocycles. The molecule has 2 aromatic rings. The number of fused-ring (bicyclic) bond motifs is 3. The second-order valence-corrected chi connectivity index (χ2v) is 12.7. The summed E-state index contributed by atoms with van der Waals surface area (Å²) >= 11 is 3.37. The number of halogens is 7. The second kappa shape index (κ2) is 12.8. The lowest BCUT2D eigenvalue weighted by molar-refractivity contribution is -0.143. The predicted molar refractivity (Wildman–Crippen MR) is 159 cm³/mol. The van der Waals surface area contributed by atoms with Crippen LogP contribution in [0.5, 0.6) is 5.75 Å². The van der Waals surface area contributed by atoms with E-state index in [1.165, 1.54) is 7.11 Å². The van der Waals surface area contributed by atoms with Crippen LogP contribution in [-0.4, -0.2) is 48.9 Å². The second-order valence-electron chi connectivity index (χ2n) is 11.8. The topological polar surface area (TPSA) is 96.3 Å². The van der Waals surface area contributed by atoms with Gasteiger partial charge in [0.1, 0.15) is 5.75 Å². The van der Waals surface area contributed by atoms with Crippen LogP contribution in [0.1, 0.15) is 42.9 Å². The Bertz CT molecular complexity index is 1580. The van der Waals surface area contributed by atoms with Crippen molar-refractivity contribution in [2.75, 3.05) is 18.6 Å². The van der Waals surface area contributed by atoms with Gasteiger partial charge < -0.3 is 19.5 Å². The molecule has 2 heterocycles. The number of hydrogen-bond donors (Lipinski definition) is 2. The lowest BCUT2D eigenvalue weighted by Gasteiger charge is -2.43. The minimum Gasteiger partial charge on any atom is -0.507 e. The van der Waals surface area contributed by atoms with Crippen molar-refractivity contribution in [3.8, 4) is 5.75 Å². The third kappa shape index (κ3) is 6.78. The first-order valence-corrected chi connectivity index (χ1v) is 15.2. The molecule has 0 saturated carbocycles. The monoisotopic (exact) mass is 715 g/mol. The summed E-state index contributed by atoms with van der Waals surface area (Å²) in [5.41, 5.74) is -1.41. The van der Waals surface area contributed by atoms with Gasteiger partial charge in [0.2, 0.25) is 11.8 Å². The number of amides is 2. The number of allylic oxidation sites excluding steroid dienone is 1. The number of imide groups is 1. The maximum absolute atomic E-state index is 13.9. The number of methoxy groups -OCH3 is 1. The molecule has 246 valence electrons. The van der Waals surface area contributed by atoms with E-state index in [1.807, 2.05) is 6.92 Å². The zero-order chi connectivity index (χ0) is 33.7. The van der Waals surface area contributed by atoms with Crippen molar-refractivity contribution in [3.05, 3.63) is 74.3 Å². The molecule has 0 aromatic heterocycles. The Morgan fingerprint density at radius 2 is 1.72 bits per heavy atom. The zero-order valence-corrected chi connectivity index (χ0v) is 26.2. The molecule has 0 radical (unpaired) electrons. The predicted octanol–water partition coefficient (Wildman–Crippen LogP) is 7.02. The summed E-state index contributed by atoms with van der Waals surface area (Å²) in [6.45, 7) is 1.88. The number of nitrogens with zero attached hydrogens (tertiary/aromatic N) is 1. The third-order valence-corrected chi connectivity index (χ3v) is 9.14. The van der Waals surface area contributed by atoms with Gasteiger partial charge in [-0.25, -0.2) is 4.90 Å². The van der Waals surface area contributed by atoms with E-state index in [9.17, 15) is 46.1 Å². The summed E-state index contributed by atoms with van der Waals surface area (Å²) in [5, 5.41) is 20.9. The third-order valence-electron chi connectivity index (χ3n) is 8.65. The molecular weight excluding hydrogens is 687 g/mol. The van der Waals surface area contributed by atoms with Crippen LogP contribution < -0.4 is 4.90 Å². The highest BCUT2D eigenvalue weighted by Gasteiger charge is 2.58. The summed E-state index contributed by atoms with van der Waals surface area (Å²) in [7, 11) is 0.0800. The molecule has 2 amide bonds. The number of hydrogen-bond acceptors (Lipinski definition) is 6. The highest BCUT2D eigenvalue weighted by atomic mass is 79.9. The molecule has 2 fully saturated rings. The Hall–Kier alpha value is -3.14. The van der Waals surface area contributed by atoms with Gasteiger partial charge in [0, 0.05) is 17.1 Å². The zero-order valence-electron chi connectivity index (χ0n) is 24.6. The normalized spacial score (nSPS) is 24.1. The molecule has 2 saturated heterocycles. The van der Waals surface area contributed by atoms with Crippen molar-refractivity contribution in [2.24, 2.45) is 17.8 Å². The van der Waals surface area contributed by atoms with E-state index in [0.717, 1.165) is 10.0 Å². The van der Waals surface area contributed by atoms with Crippen molar-refractivity contribution >= 4 is 46.6 Å². The number of anilines is 1. The first-order chi connectivity index (χ1) is 21.5. The quantitative estimate of drug-likeness (QED) is 0.139. The molecule has 0 bridgehead atoms. The van der Waals surface area contributed by atoms with E-state index in [1.54, 1.807) is 24.3 Å². The van der Waals surface area contributed by atoms with Gasteiger partial charge in [0.15, 0.2) is 0 Å². The van der Waals surface area contributed by atoms with Crippen molar-refractivity contribution < 1.29 is 55.5 Å². The van der Waals surface area contributed by atoms with Crippen LogP contribution in [0.15, 0.2) is 57.6 Å². The van der Waals surface area contributed by atoms with Gasteiger partial charge in [0.05, 0.1) is 41.4 Å². The van der Waals surface area contributed by atoms with E-state index in [0.29, 0.717) is 46.6 Å². The maximum atomic E-state index is 13.9. The van der Waals surface area contributed by atoms with E-state index in [4.69, 9.17) is 9.39 Å². The van der Waals surface area contributed by atoms with Gasteiger partial charge in [0.25, 0.3) is 0 Å². The maximum Gasteiger partial charge on any atom is 0.455 e. The highest BCUT2D eigenvalue weighted by molar-refractivity contribution is 9.10. The van der Waals surface area contributed by atoms with Gasteiger partial charge >= 0.3 is 19.5 Å². The largest absolute Gasteiger partial charge is 0.507 e. The molecule has 7 nitrogen and oxygen atoms in total. The molecule has 15 heteroatoms. The number of alkyl halides is 6. The number of aromatic hydroxyl groups is 1. The van der Waals surface area contributed by atoms with Crippen molar-refractivity contribution in [1.29, 1.82) is 0 Å². The molecule has 0 spiro atoms. The number of rotatable bonds is 7. The number of phenols is 1. The minimum atomic E-state index is -5.17. The van der Waals surface area contributed by atoms with E-state index in [2.05, 4.69) is 15.9 Å². The smallest absolute Gasteiger partial charge is 0.455 e. The van der Waals surface area contributed by atoms with Gasteiger partial charge in [-0.2, -0.15) is 26.3 Å². The van der Waals surface area contributed by atoms with Crippen LogP contribution in [0.4, 0.5) is 32.0 Å². The van der Waals surface area contributed by atoms with Gasteiger partial charge in [-0.15, -0.1) is 0 Å². The van der Waals surface area contributed by atoms with Crippen LogP contribution >= 0.6 is 15.9 Å². The number of carbonyl (C=O) groups is 2. The lowest BCUT2D eigenvalue weighted by Crippen LogP contribution is -2.46. The van der Waals surface area contributed by atoms with E-state index in [-0.39, 0.29) is 31.2 Å². The van der Waals surface area contributed by atoms with E-state index >= 15 is 0 Å². The van der Waals surface area contributed by atoms with Gasteiger partial charge in [-0.3, -0.25) is 9.59 Å². The van der Waals surface area contributed by atoms with Gasteiger partial charge in [-0.1, -0.05) is 27.6 Å². The van der Waals surface area contributed by atoms with Crippen LogP contribution in [0.3, 0.4) is 0 Å². The Kier molecular flexibility index (Phi) is 9.53. The van der Waals surface area contributed by atoms with E-state index < -0.39 is 72.0 Å². The molecule has 2 aromatic carbocycles. The van der Waals surface area contributed by atoms with Crippen LogP contribution in [0.25, 0.3) is 6.08 Å². The summed E-state index contributed by atoms with van der Waals surface area (Å²) in [6, 6.07) is 5.65. The van der Waals surface area contributed by atoms with Gasteiger partial charge in [-0.05, 0) is 86.0 Å². The fourth-order valence-corrected chi connectivity index (χ4v) is 7.11. The Labute approximate surface area is 269 Å². The Balaban J connectivity index is 1.48. The number of phenolic OH excluding ortho intramolecular Hbond substituents is 1. The first-order valence-electron chi connectivity index (χ1n) is 14.4. The molecular formula is C31H29BBrF6NO6. The summed E-state index contributed by atoms with van der Waals surface area (Å²) in [5.74, 6) is -4.76. The molecule has 0 unspecified atom stereocenters. The minimum absolute atomic E-state index is 0.0206. The molecule has 4 atom stereocenters. The first kappa shape index (κ1) is 34.2. The van der Waals surface area contributed by atoms with Crippen LogP contribution in [-0.2, 0) is 31.3 Å².